The molecule has 1 saturated heterocycles. The van der Waals surface area contributed by atoms with Crippen molar-refractivity contribution in [3.8, 4) is 0 Å². The maximum absolute atomic E-state index is 5.55. The van der Waals surface area contributed by atoms with Crippen molar-refractivity contribution in [2.24, 2.45) is 11.7 Å². The van der Waals surface area contributed by atoms with Crippen molar-refractivity contribution in [3.63, 3.8) is 0 Å². The molecule has 1 aromatic rings. The Labute approximate surface area is 107 Å². The number of nitrogens with zero attached hydrogens (tertiary/aromatic N) is 3. The quantitative estimate of drug-likeness (QED) is 0.836. The Morgan fingerprint density at radius 3 is 3.00 bits per heavy atom. The highest BCUT2D eigenvalue weighted by atomic mass is 16.5. The van der Waals surface area contributed by atoms with Gasteiger partial charge in [-0.1, -0.05) is 19.0 Å². The van der Waals surface area contributed by atoms with E-state index in [1.165, 1.54) is 0 Å². The van der Waals surface area contributed by atoms with Crippen LogP contribution in [-0.4, -0.2) is 40.8 Å². The molecular formula is C12H22N4O2. The molecule has 0 saturated carbocycles. The van der Waals surface area contributed by atoms with Gasteiger partial charge in [0.25, 0.3) is 0 Å². The summed E-state index contributed by atoms with van der Waals surface area (Å²) in [6.45, 7) is 7.96. The summed E-state index contributed by atoms with van der Waals surface area (Å²) in [6, 6.07) is 0.443. The number of aromatic nitrogens is 2. The van der Waals surface area contributed by atoms with Crippen LogP contribution in [0.5, 0.6) is 0 Å². The highest BCUT2D eigenvalue weighted by molar-refractivity contribution is 4.88. The molecule has 1 fully saturated rings. The molecule has 1 aliphatic heterocycles. The molecule has 0 aromatic carbocycles. The standard InChI is InChI=1S/C12H22N4O2/c1-9(2)5-10-8-17-4-3-16(10)7-11-14-12(6-13)18-15-11/h9-10H,3-8,13H2,1-2H3. The van der Waals surface area contributed by atoms with Gasteiger partial charge in [0.15, 0.2) is 5.82 Å². The molecule has 0 spiro atoms. The second-order valence-electron chi connectivity index (χ2n) is 5.14. The molecule has 1 unspecified atom stereocenters. The molecule has 0 bridgehead atoms. The van der Waals surface area contributed by atoms with Gasteiger partial charge in [-0.25, -0.2) is 0 Å². The van der Waals surface area contributed by atoms with Crippen molar-refractivity contribution < 1.29 is 9.26 Å². The lowest BCUT2D eigenvalue weighted by Gasteiger charge is -2.35. The van der Waals surface area contributed by atoms with Gasteiger partial charge in [0.2, 0.25) is 5.89 Å². The summed E-state index contributed by atoms with van der Waals surface area (Å²) < 4.78 is 10.6. The SMILES string of the molecule is CC(C)CC1COCCN1Cc1noc(CN)n1. The minimum absolute atomic E-state index is 0.297. The number of morpholine rings is 1. The Hall–Kier alpha value is -0.980. The first kappa shape index (κ1) is 13.5. The van der Waals surface area contributed by atoms with E-state index in [2.05, 4.69) is 28.9 Å². The topological polar surface area (TPSA) is 77.4 Å². The van der Waals surface area contributed by atoms with E-state index in [9.17, 15) is 0 Å². The van der Waals surface area contributed by atoms with E-state index in [-0.39, 0.29) is 0 Å². The van der Waals surface area contributed by atoms with Crippen molar-refractivity contribution in [2.75, 3.05) is 19.8 Å². The summed E-state index contributed by atoms with van der Waals surface area (Å²) in [4.78, 5) is 6.62. The first-order chi connectivity index (χ1) is 8.69. The lowest BCUT2D eigenvalue weighted by atomic mass is 10.0. The van der Waals surface area contributed by atoms with Gasteiger partial charge in [0.05, 0.1) is 26.3 Å². The predicted molar refractivity (Wildman–Crippen MR) is 66.7 cm³/mol. The van der Waals surface area contributed by atoms with E-state index in [4.69, 9.17) is 15.0 Å². The minimum Gasteiger partial charge on any atom is -0.378 e. The molecule has 102 valence electrons. The van der Waals surface area contributed by atoms with Gasteiger partial charge in [-0.05, 0) is 12.3 Å². The molecule has 2 rings (SSSR count). The first-order valence-electron chi connectivity index (χ1n) is 6.52. The zero-order valence-corrected chi connectivity index (χ0v) is 11.1. The van der Waals surface area contributed by atoms with Crippen LogP contribution in [0.25, 0.3) is 0 Å². The minimum atomic E-state index is 0.297. The number of hydrogen-bond acceptors (Lipinski definition) is 6. The van der Waals surface area contributed by atoms with Gasteiger partial charge in [0, 0.05) is 12.6 Å². The van der Waals surface area contributed by atoms with Crippen molar-refractivity contribution in [1.82, 2.24) is 15.0 Å². The van der Waals surface area contributed by atoms with Gasteiger partial charge in [-0.15, -0.1) is 0 Å². The molecule has 2 N–H and O–H groups in total. The molecule has 0 amide bonds. The first-order valence-corrected chi connectivity index (χ1v) is 6.52. The normalized spacial score (nSPS) is 21.7. The smallest absolute Gasteiger partial charge is 0.240 e. The van der Waals surface area contributed by atoms with E-state index in [1.54, 1.807) is 0 Å². The second kappa shape index (κ2) is 6.26. The average Bonchev–Trinajstić information content (AvgIpc) is 2.79. The summed E-state index contributed by atoms with van der Waals surface area (Å²) in [5, 5.41) is 3.95. The fourth-order valence-corrected chi connectivity index (χ4v) is 2.28. The van der Waals surface area contributed by atoms with Crippen molar-refractivity contribution >= 4 is 0 Å². The molecule has 1 atom stereocenters. The van der Waals surface area contributed by atoms with Crippen LogP contribution < -0.4 is 5.73 Å². The van der Waals surface area contributed by atoms with Crippen LogP contribution in [0, 0.1) is 5.92 Å². The maximum Gasteiger partial charge on any atom is 0.240 e. The van der Waals surface area contributed by atoms with Gasteiger partial charge in [-0.2, -0.15) is 4.98 Å². The predicted octanol–water partition coefficient (Wildman–Crippen LogP) is 0.775. The molecule has 6 heteroatoms. The highest BCUT2D eigenvalue weighted by Crippen LogP contribution is 2.17. The summed E-state index contributed by atoms with van der Waals surface area (Å²) in [5.74, 6) is 1.87. The van der Waals surface area contributed by atoms with Crippen LogP contribution in [0.2, 0.25) is 0 Å². The van der Waals surface area contributed by atoms with E-state index in [0.29, 0.717) is 36.8 Å². The molecule has 2 heterocycles. The van der Waals surface area contributed by atoms with Gasteiger partial charge >= 0.3 is 0 Å². The Morgan fingerprint density at radius 1 is 1.50 bits per heavy atom. The largest absolute Gasteiger partial charge is 0.378 e. The van der Waals surface area contributed by atoms with Crippen LogP contribution >= 0.6 is 0 Å². The third kappa shape index (κ3) is 3.51. The third-order valence-corrected chi connectivity index (χ3v) is 3.12. The van der Waals surface area contributed by atoms with Crippen LogP contribution in [0.3, 0.4) is 0 Å². The Balaban J connectivity index is 1.96. The summed E-state index contributed by atoms with van der Waals surface area (Å²) in [7, 11) is 0. The van der Waals surface area contributed by atoms with Crippen molar-refractivity contribution in [2.45, 2.75) is 39.4 Å². The number of ether oxygens (including phenoxy) is 1. The van der Waals surface area contributed by atoms with Crippen LogP contribution in [0.4, 0.5) is 0 Å². The molecule has 1 aliphatic rings. The lowest BCUT2D eigenvalue weighted by Crippen LogP contribution is -2.45. The lowest BCUT2D eigenvalue weighted by molar-refractivity contribution is -0.0199. The molecular weight excluding hydrogens is 232 g/mol. The number of nitrogens with two attached hydrogens (primary N) is 1. The molecule has 0 aliphatic carbocycles. The van der Waals surface area contributed by atoms with E-state index in [1.807, 2.05) is 0 Å². The maximum atomic E-state index is 5.55. The Morgan fingerprint density at radius 2 is 2.33 bits per heavy atom. The fourth-order valence-electron chi connectivity index (χ4n) is 2.28. The van der Waals surface area contributed by atoms with Gasteiger partial charge < -0.3 is 15.0 Å². The Kier molecular flexibility index (Phi) is 4.68. The van der Waals surface area contributed by atoms with E-state index >= 15 is 0 Å². The van der Waals surface area contributed by atoms with Crippen LogP contribution in [0.15, 0.2) is 4.52 Å². The third-order valence-electron chi connectivity index (χ3n) is 3.12. The average molecular weight is 254 g/mol. The number of hydrogen-bond donors (Lipinski definition) is 1. The van der Waals surface area contributed by atoms with Crippen LogP contribution in [0.1, 0.15) is 32.0 Å². The molecule has 1 aromatic heterocycles. The molecule has 18 heavy (non-hydrogen) atoms. The summed E-state index contributed by atoms with van der Waals surface area (Å²) in [5.41, 5.74) is 5.46. The summed E-state index contributed by atoms with van der Waals surface area (Å²) >= 11 is 0. The Bertz CT molecular complexity index is 367. The second-order valence-corrected chi connectivity index (χ2v) is 5.14. The van der Waals surface area contributed by atoms with Crippen molar-refractivity contribution in [3.05, 3.63) is 11.7 Å². The van der Waals surface area contributed by atoms with Crippen LogP contribution in [-0.2, 0) is 17.8 Å². The fraction of sp³-hybridized carbons (Fsp3) is 0.833. The zero-order chi connectivity index (χ0) is 13.0. The number of rotatable bonds is 5. The summed E-state index contributed by atoms with van der Waals surface area (Å²) in [6.07, 6.45) is 1.13. The highest BCUT2D eigenvalue weighted by Gasteiger charge is 2.25. The van der Waals surface area contributed by atoms with Gasteiger partial charge in [0.1, 0.15) is 0 Å². The monoisotopic (exact) mass is 254 g/mol. The molecule has 0 radical (unpaired) electrons. The van der Waals surface area contributed by atoms with E-state index < -0.39 is 0 Å². The van der Waals surface area contributed by atoms with Gasteiger partial charge in [-0.3, -0.25) is 4.90 Å². The molecule has 6 nitrogen and oxygen atoms in total. The van der Waals surface area contributed by atoms with E-state index in [0.717, 1.165) is 26.2 Å². The van der Waals surface area contributed by atoms with Crippen molar-refractivity contribution in [1.29, 1.82) is 0 Å². The zero-order valence-electron chi connectivity index (χ0n) is 11.1.